The number of aliphatic hydroxyl groups is 7. The largest absolute Gasteiger partial charge is 0.462 e. The Labute approximate surface area is 201 Å². The average molecular weight is 515 g/mol. The lowest BCUT2D eigenvalue weighted by molar-refractivity contribution is -0.128. The number of aliphatic hydroxyl groups excluding tert-OH is 7. The number of hydrogen-bond donors (Lipinski definition) is 7. The summed E-state index contributed by atoms with van der Waals surface area (Å²) in [5.41, 5.74) is 0. The van der Waals surface area contributed by atoms with Crippen molar-refractivity contribution in [2.24, 2.45) is 0 Å². The van der Waals surface area contributed by atoms with Gasteiger partial charge in [-0.25, -0.2) is 0 Å². The van der Waals surface area contributed by atoms with E-state index in [0.29, 0.717) is 12.0 Å². The van der Waals surface area contributed by atoms with Gasteiger partial charge in [0, 0.05) is 0 Å². The van der Waals surface area contributed by atoms with E-state index in [9.17, 15) is 14.4 Å². The molecule has 1 aromatic rings. The molecule has 0 aliphatic rings. The fourth-order valence-electron chi connectivity index (χ4n) is 1.14. The maximum absolute atomic E-state index is 9.78. The molecule has 0 fully saturated rings. The van der Waals surface area contributed by atoms with Crippen molar-refractivity contribution in [2.75, 3.05) is 20.0 Å². The molecule has 0 radical (unpaired) electrons. The van der Waals surface area contributed by atoms with Gasteiger partial charge in [-0.1, -0.05) is 37.1 Å². The van der Waals surface area contributed by atoms with Gasteiger partial charge >= 0.3 is 0 Å². The molecule has 0 aliphatic heterocycles. The summed E-state index contributed by atoms with van der Waals surface area (Å²) in [6.45, 7) is -1.48. The van der Waals surface area contributed by atoms with Gasteiger partial charge in [0.1, 0.15) is 37.3 Å². The third-order valence-corrected chi connectivity index (χ3v) is 2.64. The van der Waals surface area contributed by atoms with Crippen LogP contribution in [0.15, 0.2) is 22.8 Å². The molecule has 13 N–H and O–H groups in total. The van der Waals surface area contributed by atoms with E-state index in [1.165, 1.54) is 6.26 Å². The number of carbonyl (C=O) groups excluding carboxylic acids is 3. The lowest BCUT2D eigenvalue weighted by Crippen LogP contribution is -2.40. The third kappa shape index (κ3) is 29.9. The van der Waals surface area contributed by atoms with E-state index in [-0.39, 0.29) is 67.3 Å². The fraction of sp³-hybridized carbons (Fsp3) is 0.650. The minimum absolute atomic E-state index is 0. The molecule has 1 rings (SSSR count). The molecule has 0 spiro atoms. The average Bonchev–Trinajstić information content (AvgIpc) is 3.24. The summed E-state index contributed by atoms with van der Waals surface area (Å²) in [6, 6.07) is 3.27. The highest BCUT2D eigenvalue weighted by atomic mass is 16.6. The van der Waals surface area contributed by atoms with Crippen LogP contribution >= 0.6 is 0 Å². The van der Waals surface area contributed by atoms with Crippen LogP contribution in [0, 0.1) is 0 Å². The van der Waals surface area contributed by atoms with Gasteiger partial charge in [-0.05, 0) is 12.1 Å². The van der Waals surface area contributed by atoms with Crippen LogP contribution in [0.5, 0.6) is 0 Å². The van der Waals surface area contributed by atoms with Crippen molar-refractivity contribution < 1.29 is 70.2 Å². The summed E-state index contributed by atoms with van der Waals surface area (Å²) in [6.07, 6.45) is -5.00. The zero-order chi connectivity index (χ0) is 21.2. The highest BCUT2D eigenvalue weighted by Crippen LogP contribution is 1.96. The van der Waals surface area contributed by atoms with Crippen LogP contribution in [-0.2, 0) is 25.3 Å². The topological polar surface area (TPSA) is 281 Å². The van der Waals surface area contributed by atoms with Gasteiger partial charge in [0.2, 0.25) is 0 Å². The van der Waals surface area contributed by atoms with Crippen LogP contribution in [0.1, 0.15) is 47.7 Å². The van der Waals surface area contributed by atoms with Crippen molar-refractivity contribution in [1.82, 2.24) is 0 Å². The zero-order valence-electron chi connectivity index (χ0n) is 15.3. The summed E-state index contributed by atoms with van der Waals surface area (Å²) in [5, 5.41) is 59.4. The van der Waals surface area contributed by atoms with Crippen LogP contribution < -0.4 is 0 Å². The second kappa shape index (κ2) is 38.2. The zero-order valence-corrected chi connectivity index (χ0v) is 15.3. The Morgan fingerprint density at radius 2 is 1.29 bits per heavy atom. The first-order valence-electron chi connectivity index (χ1n) is 7.37. The van der Waals surface area contributed by atoms with E-state index in [1.54, 1.807) is 12.1 Å². The highest BCUT2D eigenvalue weighted by Gasteiger charge is 2.22. The van der Waals surface area contributed by atoms with Crippen LogP contribution in [-0.4, -0.2) is 105 Å². The molecule has 212 valence electrons. The first-order valence-corrected chi connectivity index (χ1v) is 7.37. The number of ether oxygens (including phenoxy) is 1. The first-order chi connectivity index (χ1) is 12.8. The fourth-order valence-corrected chi connectivity index (χ4v) is 1.14. The standard InChI is InChI=1S/2C5H10O5.C5H4O2.5CH4.2H2O/c6-1-4(8)5(9)2-10-3-7;6-1-3(8)5(10)4(9)2-7;6-4-5-2-1-3-7-5;;;;;;;/h1,4-5,7-9H,2-3H2;1,3-5,7-10H,2H2;1-4H;5*1H4;2*1H2/p+2. The van der Waals surface area contributed by atoms with Crippen LogP contribution in [0.25, 0.3) is 0 Å². The Kier molecular flexibility index (Phi) is 65.2. The van der Waals surface area contributed by atoms with Crippen molar-refractivity contribution in [3.05, 3.63) is 24.2 Å². The normalized spacial score (nSPS) is 12.3. The predicted octanol–water partition coefficient (Wildman–Crippen LogP) is -2.44. The molecule has 5 unspecified atom stereocenters. The molecule has 34 heavy (non-hydrogen) atoms. The molecule has 1 aromatic heterocycles. The van der Waals surface area contributed by atoms with E-state index in [0.717, 1.165) is 0 Å². The number of aldehydes is 3. The maximum Gasteiger partial charge on any atom is 0.185 e. The quantitative estimate of drug-likeness (QED) is 0.0973. The molecular weight excluding hydrogens is 464 g/mol. The Bertz CT molecular complexity index is 484. The number of carbonyl (C=O) groups is 3. The van der Waals surface area contributed by atoms with Gasteiger partial charge in [0.05, 0.1) is 19.5 Å². The molecule has 0 aromatic carbocycles. The maximum atomic E-state index is 9.78. The van der Waals surface area contributed by atoms with Crippen LogP contribution in [0.2, 0.25) is 0 Å². The van der Waals surface area contributed by atoms with E-state index < -0.39 is 43.9 Å². The summed E-state index contributed by atoms with van der Waals surface area (Å²) >= 11 is 0. The second-order valence-corrected chi connectivity index (χ2v) is 4.69. The lowest BCUT2D eigenvalue weighted by Gasteiger charge is -2.16. The smallest absolute Gasteiger partial charge is 0.185 e. The van der Waals surface area contributed by atoms with E-state index in [2.05, 4.69) is 9.15 Å². The van der Waals surface area contributed by atoms with Crippen LogP contribution in [0.4, 0.5) is 0 Å². The summed E-state index contributed by atoms with van der Waals surface area (Å²) in [4.78, 5) is 29.3. The monoisotopic (exact) mass is 514 g/mol. The first kappa shape index (κ1) is 58.1. The molecule has 1 heterocycles. The molecule has 0 saturated heterocycles. The molecule has 5 atom stereocenters. The van der Waals surface area contributed by atoms with Gasteiger partial charge in [-0.2, -0.15) is 0 Å². The molecular formula is C20H50O14+2. The minimum atomic E-state index is -1.64. The molecule has 0 amide bonds. The minimum Gasteiger partial charge on any atom is -0.462 e. The highest BCUT2D eigenvalue weighted by molar-refractivity contribution is 5.69. The van der Waals surface area contributed by atoms with Crippen molar-refractivity contribution in [3.8, 4) is 0 Å². The lowest BCUT2D eigenvalue weighted by atomic mass is 10.1. The van der Waals surface area contributed by atoms with Crippen molar-refractivity contribution in [3.63, 3.8) is 0 Å². The van der Waals surface area contributed by atoms with E-state index >= 15 is 0 Å². The molecule has 0 saturated carbocycles. The second-order valence-electron chi connectivity index (χ2n) is 4.69. The number of hydrogen-bond acceptors (Lipinski definition) is 12. The Hall–Kier alpha value is -2.11. The van der Waals surface area contributed by atoms with Crippen LogP contribution in [0.3, 0.4) is 0 Å². The summed E-state index contributed by atoms with van der Waals surface area (Å²) < 4.78 is 8.92. The predicted molar refractivity (Wildman–Crippen MR) is 130 cm³/mol. The Morgan fingerprint density at radius 1 is 0.824 bits per heavy atom. The van der Waals surface area contributed by atoms with Gasteiger partial charge in [-0.15, -0.1) is 0 Å². The van der Waals surface area contributed by atoms with Gasteiger partial charge in [-0.3, -0.25) is 4.79 Å². The van der Waals surface area contributed by atoms with E-state index in [4.69, 9.17) is 35.7 Å². The molecule has 0 aliphatic carbocycles. The van der Waals surface area contributed by atoms with Crippen molar-refractivity contribution in [2.45, 2.75) is 67.7 Å². The number of rotatable bonds is 10. The summed E-state index contributed by atoms with van der Waals surface area (Å²) in [5.74, 6) is 0.375. The van der Waals surface area contributed by atoms with Crippen molar-refractivity contribution in [1.29, 1.82) is 0 Å². The molecule has 14 nitrogen and oxygen atoms in total. The van der Waals surface area contributed by atoms with E-state index in [1.807, 2.05) is 0 Å². The summed E-state index contributed by atoms with van der Waals surface area (Å²) in [7, 11) is 0. The van der Waals surface area contributed by atoms with Crippen molar-refractivity contribution >= 4 is 18.9 Å². The SMILES string of the molecule is C.C.C.C.C.O=CC(O)C(O)C(O)CO.O=CC(O)C(O)COCO.O=Cc1ccco1.[OH3+].[OH3+]. The molecule has 14 heteroatoms. The van der Waals surface area contributed by atoms with Gasteiger partial charge in [0.15, 0.2) is 24.6 Å². The Balaban J connectivity index is -0.0000000360. The van der Waals surface area contributed by atoms with Gasteiger partial charge < -0.3 is 65.4 Å². The third-order valence-electron chi connectivity index (χ3n) is 2.64. The van der Waals surface area contributed by atoms with Gasteiger partial charge in [0.25, 0.3) is 0 Å². The number of furan rings is 1. The Morgan fingerprint density at radius 3 is 1.56 bits per heavy atom. The molecule has 0 bridgehead atoms.